The minimum atomic E-state index is -4.66. The SMILES string of the molecule is CC/C=C\C/C=C\C/C=C\C/C=C\C/C=C\C/C=C\C/C=C\C/C=C\C/C=C\C/C=C\CCCCC(=O)OC(COC(=O)CCCCCCCCCCCCCCCCCCCCCC)COP(=O)([O-])OCC[N+](C)(C)C. The number of phosphoric ester groups is 1. The number of esters is 2. The van der Waals surface area contributed by atoms with Crippen LogP contribution >= 0.6 is 7.82 Å². The van der Waals surface area contributed by atoms with E-state index in [9.17, 15) is 19.0 Å². The maximum Gasteiger partial charge on any atom is 0.306 e. The highest BCUT2D eigenvalue weighted by atomic mass is 31.2. The molecule has 0 aromatic heterocycles. The van der Waals surface area contributed by atoms with Crippen molar-refractivity contribution < 1.29 is 42.1 Å². The summed E-state index contributed by atoms with van der Waals surface area (Å²) >= 11 is 0. The molecule has 9 nitrogen and oxygen atoms in total. The van der Waals surface area contributed by atoms with Crippen molar-refractivity contribution in [1.82, 2.24) is 0 Å². The Morgan fingerprint density at radius 1 is 0.416 bits per heavy atom. The van der Waals surface area contributed by atoms with Crippen LogP contribution in [0.2, 0.25) is 0 Å². The van der Waals surface area contributed by atoms with Crippen LogP contribution in [-0.2, 0) is 32.7 Å². The summed E-state index contributed by atoms with van der Waals surface area (Å²) in [5, 5.41) is 0. The molecule has 2 atom stereocenters. The van der Waals surface area contributed by atoms with Gasteiger partial charge in [0.2, 0.25) is 0 Å². The summed E-state index contributed by atoms with van der Waals surface area (Å²) in [7, 11) is 1.13. The number of carbonyl (C=O) groups is 2. The van der Waals surface area contributed by atoms with Crippen LogP contribution < -0.4 is 4.89 Å². The summed E-state index contributed by atoms with van der Waals surface area (Å²) in [5.74, 6) is -0.886. The van der Waals surface area contributed by atoms with Crippen LogP contribution in [-0.4, -0.2) is 70.0 Å². The van der Waals surface area contributed by atoms with Gasteiger partial charge in [-0.1, -0.05) is 257 Å². The summed E-state index contributed by atoms with van der Waals surface area (Å²) in [6, 6.07) is 0. The van der Waals surface area contributed by atoms with E-state index in [0.29, 0.717) is 17.4 Å². The Morgan fingerprint density at radius 2 is 0.740 bits per heavy atom. The average molecular weight is 1090 g/mol. The predicted molar refractivity (Wildman–Crippen MR) is 328 cm³/mol. The minimum absolute atomic E-state index is 0.0446. The Bertz CT molecular complexity index is 1710. The van der Waals surface area contributed by atoms with Crippen molar-refractivity contribution in [2.24, 2.45) is 0 Å². The Labute approximate surface area is 473 Å². The molecule has 0 saturated carbocycles. The lowest BCUT2D eigenvalue weighted by molar-refractivity contribution is -0.870. The first kappa shape index (κ1) is 73.4. The highest BCUT2D eigenvalue weighted by Gasteiger charge is 2.21. The van der Waals surface area contributed by atoms with Crippen molar-refractivity contribution in [3.05, 3.63) is 122 Å². The molecule has 10 heteroatoms. The molecule has 0 saturated heterocycles. The average Bonchev–Trinajstić information content (AvgIpc) is 3.39. The molecule has 0 N–H and O–H groups in total. The van der Waals surface area contributed by atoms with Gasteiger partial charge >= 0.3 is 11.9 Å². The van der Waals surface area contributed by atoms with E-state index in [2.05, 4.69) is 135 Å². The van der Waals surface area contributed by atoms with E-state index < -0.39 is 32.5 Å². The van der Waals surface area contributed by atoms with E-state index in [1.807, 2.05) is 21.1 Å². The van der Waals surface area contributed by atoms with Crippen molar-refractivity contribution in [2.45, 2.75) is 245 Å². The zero-order valence-electron chi connectivity index (χ0n) is 49.9. The molecular formula is C67H114NO8P. The molecule has 0 heterocycles. The molecule has 0 spiro atoms. The Balaban J connectivity index is 4.26. The van der Waals surface area contributed by atoms with Crippen LogP contribution in [0.15, 0.2) is 122 Å². The van der Waals surface area contributed by atoms with Crippen LogP contribution in [0.3, 0.4) is 0 Å². The van der Waals surface area contributed by atoms with Gasteiger partial charge < -0.3 is 27.9 Å². The fourth-order valence-corrected chi connectivity index (χ4v) is 8.77. The fraction of sp³-hybridized carbons (Fsp3) is 0.672. The molecule has 0 bridgehead atoms. The number of ether oxygens (including phenoxy) is 2. The van der Waals surface area contributed by atoms with Gasteiger partial charge in [0.05, 0.1) is 27.7 Å². The van der Waals surface area contributed by atoms with Crippen LogP contribution in [0.1, 0.15) is 239 Å². The van der Waals surface area contributed by atoms with Gasteiger partial charge in [-0.05, 0) is 89.9 Å². The largest absolute Gasteiger partial charge is 0.756 e. The van der Waals surface area contributed by atoms with Gasteiger partial charge in [-0.15, -0.1) is 0 Å². The molecule has 440 valence electrons. The highest BCUT2D eigenvalue weighted by molar-refractivity contribution is 7.45. The first-order chi connectivity index (χ1) is 37.5. The van der Waals surface area contributed by atoms with Crippen LogP contribution in [0.25, 0.3) is 0 Å². The van der Waals surface area contributed by atoms with E-state index in [1.54, 1.807) is 0 Å². The molecular weight excluding hydrogens is 978 g/mol. The van der Waals surface area contributed by atoms with Crippen LogP contribution in [0.4, 0.5) is 0 Å². The molecule has 0 aliphatic carbocycles. The Hall–Kier alpha value is -3.59. The number of hydrogen-bond donors (Lipinski definition) is 0. The summed E-state index contributed by atoms with van der Waals surface area (Å²) in [4.78, 5) is 37.9. The van der Waals surface area contributed by atoms with Gasteiger partial charge in [0, 0.05) is 12.8 Å². The zero-order valence-corrected chi connectivity index (χ0v) is 50.8. The second-order valence-corrected chi connectivity index (χ2v) is 22.8. The van der Waals surface area contributed by atoms with Gasteiger partial charge in [0.15, 0.2) is 6.10 Å². The number of nitrogens with zero attached hydrogens (tertiary/aromatic N) is 1. The second-order valence-electron chi connectivity index (χ2n) is 21.3. The lowest BCUT2D eigenvalue weighted by Crippen LogP contribution is -2.37. The number of quaternary nitrogens is 1. The van der Waals surface area contributed by atoms with Crippen molar-refractivity contribution in [3.8, 4) is 0 Å². The van der Waals surface area contributed by atoms with Crippen LogP contribution in [0, 0.1) is 0 Å². The number of likely N-dealkylation sites (N-methyl/N-ethyl adjacent to an activating group) is 1. The van der Waals surface area contributed by atoms with E-state index in [4.69, 9.17) is 18.5 Å². The summed E-state index contributed by atoms with van der Waals surface area (Å²) in [6.07, 6.45) is 81.1. The summed E-state index contributed by atoms with van der Waals surface area (Å²) < 4.78 is 34.1. The summed E-state index contributed by atoms with van der Waals surface area (Å²) in [6.45, 7) is 4.08. The quantitative estimate of drug-likeness (QED) is 0.0195. The van der Waals surface area contributed by atoms with Gasteiger partial charge in [-0.3, -0.25) is 14.2 Å². The molecule has 0 radical (unpaired) electrons. The first-order valence-electron chi connectivity index (χ1n) is 30.7. The van der Waals surface area contributed by atoms with Crippen molar-refractivity contribution >= 4 is 19.8 Å². The third kappa shape index (κ3) is 61.5. The molecule has 0 aromatic rings. The maximum absolute atomic E-state index is 12.8. The Kier molecular flexibility index (Phi) is 54.4. The second kappa shape index (κ2) is 57.1. The third-order valence-electron chi connectivity index (χ3n) is 12.7. The van der Waals surface area contributed by atoms with Crippen LogP contribution in [0.5, 0.6) is 0 Å². The van der Waals surface area contributed by atoms with E-state index >= 15 is 0 Å². The Morgan fingerprint density at radius 3 is 1.10 bits per heavy atom. The molecule has 0 aliphatic heterocycles. The van der Waals surface area contributed by atoms with Gasteiger partial charge in [0.25, 0.3) is 7.82 Å². The standard InChI is InChI=1S/C67H114NO8P/c1-6-8-10-12-14-16-18-20-22-24-26-28-29-30-31-32-33-34-35-36-37-38-39-40-42-44-46-48-50-52-54-56-58-60-67(70)76-65(64-75-77(71,72)74-62-61-68(3,4)5)63-73-66(69)59-57-55-53-51-49-47-45-43-41-27-25-23-21-19-17-15-13-11-9-7-2/h8,10,14,16,20,22,26,28,30-31,33-34,36-37,39-40,44,46,50,52,65H,6-7,9,11-13,15,17-19,21,23-25,27,29,32,35,38,41-43,45,47-49,51,53-64H2,1-5H3/b10-8-,16-14-,22-20-,28-26-,31-30-,34-33-,37-36-,40-39-,46-44-,52-50-. The van der Waals surface area contributed by atoms with Crippen molar-refractivity contribution in [1.29, 1.82) is 0 Å². The number of hydrogen-bond acceptors (Lipinski definition) is 8. The molecule has 77 heavy (non-hydrogen) atoms. The van der Waals surface area contributed by atoms with Gasteiger partial charge in [-0.25, -0.2) is 0 Å². The van der Waals surface area contributed by atoms with E-state index in [1.165, 1.54) is 109 Å². The monoisotopic (exact) mass is 1090 g/mol. The zero-order chi connectivity index (χ0) is 56.3. The normalized spacial score (nSPS) is 14.1. The van der Waals surface area contributed by atoms with Crippen molar-refractivity contribution in [3.63, 3.8) is 0 Å². The van der Waals surface area contributed by atoms with E-state index in [-0.39, 0.29) is 26.1 Å². The topological polar surface area (TPSA) is 111 Å². The summed E-state index contributed by atoms with van der Waals surface area (Å²) in [5.41, 5.74) is 0. The molecule has 0 amide bonds. The molecule has 2 unspecified atom stereocenters. The fourth-order valence-electron chi connectivity index (χ4n) is 8.04. The number of rotatable bonds is 55. The molecule has 0 aromatic carbocycles. The van der Waals surface area contributed by atoms with Crippen molar-refractivity contribution in [2.75, 3.05) is 47.5 Å². The van der Waals surface area contributed by atoms with Gasteiger partial charge in [0.1, 0.15) is 19.8 Å². The number of unbranched alkanes of at least 4 members (excludes halogenated alkanes) is 21. The maximum atomic E-state index is 12.8. The first-order valence-corrected chi connectivity index (χ1v) is 32.2. The van der Waals surface area contributed by atoms with E-state index in [0.717, 1.165) is 96.3 Å². The molecule has 0 aliphatic rings. The number of carbonyl (C=O) groups excluding carboxylic acids is 2. The minimum Gasteiger partial charge on any atom is -0.756 e. The number of phosphoric acid groups is 1. The van der Waals surface area contributed by atoms with Gasteiger partial charge in [-0.2, -0.15) is 0 Å². The predicted octanol–water partition coefficient (Wildman–Crippen LogP) is 18.9. The molecule has 0 fully saturated rings. The third-order valence-corrected chi connectivity index (χ3v) is 13.7. The molecule has 0 rings (SSSR count). The lowest BCUT2D eigenvalue weighted by Gasteiger charge is -2.28. The highest BCUT2D eigenvalue weighted by Crippen LogP contribution is 2.38. The lowest BCUT2D eigenvalue weighted by atomic mass is 10.0. The number of allylic oxidation sites excluding steroid dienone is 20. The smallest absolute Gasteiger partial charge is 0.306 e.